The van der Waals surface area contributed by atoms with Crippen LogP contribution < -0.4 is 10.1 Å². The normalized spacial score (nSPS) is 10.7. The van der Waals surface area contributed by atoms with Crippen LogP contribution in [0, 0.1) is 5.82 Å². The Kier molecular flexibility index (Phi) is 4.79. The van der Waals surface area contributed by atoms with Gasteiger partial charge in [0.25, 0.3) is 0 Å². The predicted molar refractivity (Wildman–Crippen MR) is 78.7 cm³/mol. The molecule has 0 aliphatic heterocycles. The molecule has 0 spiro atoms. The highest BCUT2D eigenvalue weighted by Crippen LogP contribution is 2.23. The van der Waals surface area contributed by atoms with E-state index in [1.165, 1.54) is 12.1 Å². The molecule has 1 N–H and O–H groups in total. The van der Waals surface area contributed by atoms with E-state index in [1.54, 1.807) is 12.3 Å². The molecule has 0 fully saturated rings. The van der Waals surface area contributed by atoms with Gasteiger partial charge in [0.2, 0.25) is 5.88 Å². The molecule has 0 aliphatic carbocycles. The van der Waals surface area contributed by atoms with Gasteiger partial charge >= 0.3 is 0 Å². The van der Waals surface area contributed by atoms with Crippen molar-refractivity contribution in [2.45, 2.75) is 26.5 Å². The van der Waals surface area contributed by atoms with E-state index >= 15 is 0 Å². The third-order valence-electron chi connectivity index (χ3n) is 2.52. The van der Waals surface area contributed by atoms with E-state index in [4.69, 9.17) is 16.3 Å². The number of ether oxygens (including phenoxy) is 1. The van der Waals surface area contributed by atoms with E-state index in [1.807, 2.05) is 26.0 Å². The van der Waals surface area contributed by atoms with E-state index in [0.29, 0.717) is 17.4 Å². The van der Waals surface area contributed by atoms with Crippen molar-refractivity contribution in [1.82, 2.24) is 4.98 Å². The molecule has 0 saturated carbocycles. The van der Waals surface area contributed by atoms with Crippen molar-refractivity contribution >= 4 is 17.3 Å². The Morgan fingerprint density at radius 1 is 1.35 bits per heavy atom. The Balaban J connectivity index is 2.10. The SMILES string of the molecule is CC(C)Oc1ncccc1NCc1cc(F)cc(Cl)c1. The van der Waals surface area contributed by atoms with Gasteiger partial charge in [-0.2, -0.15) is 0 Å². The van der Waals surface area contributed by atoms with Crippen molar-refractivity contribution in [3.05, 3.63) is 52.9 Å². The molecule has 3 nitrogen and oxygen atoms in total. The standard InChI is InChI=1S/C15H16ClFN2O/c1-10(2)20-15-14(4-3-5-18-15)19-9-11-6-12(16)8-13(17)7-11/h3-8,10,19H,9H2,1-2H3. The molecule has 0 bridgehead atoms. The topological polar surface area (TPSA) is 34.1 Å². The lowest BCUT2D eigenvalue weighted by molar-refractivity contribution is 0.234. The highest BCUT2D eigenvalue weighted by atomic mass is 35.5. The highest BCUT2D eigenvalue weighted by molar-refractivity contribution is 6.30. The van der Waals surface area contributed by atoms with Crippen molar-refractivity contribution in [2.24, 2.45) is 0 Å². The number of nitrogens with one attached hydrogen (secondary N) is 1. The first-order valence-corrected chi connectivity index (χ1v) is 6.73. The van der Waals surface area contributed by atoms with Gasteiger partial charge in [0.15, 0.2) is 0 Å². The molecule has 1 aromatic heterocycles. The average Bonchev–Trinajstić information content (AvgIpc) is 2.36. The summed E-state index contributed by atoms with van der Waals surface area (Å²) in [7, 11) is 0. The van der Waals surface area contributed by atoms with Crippen molar-refractivity contribution in [2.75, 3.05) is 5.32 Å². The molecule has 0 saturated heterocycles. The number of halogens is 2. The van der Waals surface area contributed by atoms with Crippen molar-refractivity contribution in [1.29, 1.82) is 0 Å². The fraction of sp³-hybridized carbons (Fsp3) is 0.267. The summed E-state index contributed by atoms with van der Waals surface area (Å²) in [6, 6.07) is 8.12. The second-order valence-electron chi connectivity index (χ2n) is 4.65. The largest absolute Gasteiger partial charge is 0.473 e. The molecule has 20 heavy (non-hydrogen) atoms. The van der Waals surface area contributed by atoms with Crippen LogP contribution in [0.5, 0.6) is 5.88 Å². The minimum Gasteiger partial charge on any atom is -0.473 e. The van der Waals surface area contributed by atoms with Crippen LogP contribution in [0.25, 0.3) is 0 Å². The first-order chi connectivity index (χ1) is 9.54. The van der Waals surface area contributed by atoms with Gasteiger partial charge in [-0.05, 0) is 49.7 Å². The minimum atomic E-state index is -0.348. The van der Waals surface area contributed by atoms with Crippen LogP contribution >= 0.6 is 11.6 Å². The van der Waals surface area contributed by atoms with Crippen LogP contribution in [0.1, 0.15) is 19.4 Å². The van der Waals surface area contributed by atoms with E-state index < -0.39 is 0 Å². The molecule has 0 aliphatic rings. The van der Waals surface area contributed by atoms with Crippen molar-refractivity contribution in [3.63, 3.8) is 0 Å². The van der Waals surface area contributed by atoms with Crippen molar-refractivity contribution < 1.29 is 9.13 Å². The summed E-state index contributed by atoms with van der Waals surface area (Å²) in [4.78, 5) is 4.18. The number of hydrogen-bond acceptors (Lipinski definition) is 3. The summed E-state index contributed by atoms with van der Waals surface area (Å²) in [5, 5.41) is 3.56. The zero-order valence-electron chi connectivity index (χ0n) is 11.4. The number of aromatic nitrogens is 1. The van der Waals surface area contributed by atoms with Crippen LogP contribution in [-0.4, -0.2) is 11.1 Å². The quantitative estimate of drug-likeness (QED) is 0.894. The number of anilines is 1. The van der Waals surface area contributed by atoms with E-state index in [9.17, 15) is 4.39 Å². The van der Waals surface area contributed by atoms with Gasteiger partial charge in [0.1, 0.15) is 5.82 Å². The molecular weight excluding hydrogens is 279 g/mol. The Hall–Kier alpha value is -1.81. The lowest BCUT2D eigenvalue weighted by Crippen LogP contribution is -2.10. The van der Waals surface area contributed by atoms with Crippen LogP contribution in [0.3, 0.4) is 0 Å². The zero-order valence-corrected chi connectivity index (χ0v) is 12.1. The van der Waals surface area contributed by atoms with Crippen LogP contribution in [0.4, 0.5) is 10.1 Å². The molecule has 1 aromatic carbocycles. The third-order valence-corrected chi connectivity index (χ3v) is 2.74. The lowest BCUT2D eigenvalue weighted by Gasteiger charge is -2.14. The predicted octanol–water partition coefficient (Wildman–Crippen LogP) is 4.27. The molecule has 2 aromatic rings. The minimum absolute atomic E-state index is 0.0362. The first-order valence-electron chi connectivity index (χ1n) is 6.35. The third kappa shape index (κ3) is 4.10. The van der Waals surface area contributed by atoms with Gasteiger partial charge in [0, 0.05) is 17.8 Å². The number of rotatable bonds is 5. The van der Waals surface area contributed by atoms with Gasteiger partial charge in [-0.15, -0.1) is 0 Å². The van der Waals surface area contributed by atoms with Crippen LogP contribution in [0.15, 0.2) is 36.5 Å². The summed E-state index contributed by atoms with van der Waals surface area (Å²) >= 11 is 5.83. The molecule has 0 radical (unpaired) electrons. The van der Waals surface area contributed by atoms with Crippen LogP contribution in [-0.2, 0) is 6.54 Å². The van der Waals surface area contributed by atoms with Gasteiger partial charge in [-0.25, -0.2) is 9.37 Å². The summed E-state index contributed by atoms with van der Waals surface area (Å²) in [6.45, 7) is 4.31. The monoisotopic (exact) mass is 294 g/mol. The maximum Gasteiger partial charge on any atom is 0.237 e. The number of benzene rings is 1. The summed E-state index contributed by atoms with van der Waals surface area (Å²) < 4.78 is 18.9. The Morgan fingerprint density at radius 2 is 2.15 bits per heavy atom. The fourth-order valence-corrected chi connectivity index (χ4v) is 2.00. The summed E-state index contributed by atoms with van der Waals surface area (Å²) in [6.07, 6.45) is 1.70. The van der Waals surface area contributed by atoms with Crippen molar-refractivity contribution in [3.8, 4) is 5.88 Å². The molecule has 106 valence electrons. The van der Waals surface area contributed by atoms with Gasteiger partial charge in [-0.3, -0.25) is 0 Å². The van der Waals surface area contributed by atoms with E-state index in [0.717, 1.165) is 11.3 Å². The van der Waals surface area contributed by atoms with Gasteiger partial charge in [-0.1, -0.05) is 11.6 Å². The summed E-state index contributed by atoms with van der Waals surface area (Å²) in [5.74, 6) is 0.184. The van der Waals surface area contributed by atoms with Crippen LogP contribution in [0.2, 0.25) is 5.02 Å². The molecule has 0 unspecified atom stereocenters. The van der Waals surface area contributed by atoms with Gasteiger partial charge < -0.3 is 10.1 Å². The average molecular weight is 295 g/mol. The number of nitrogens with zero attached hydrogens (tertiary/aromatic N) is 1. The molecule has 0 amide bonds. The molecule has 0 atom stereocenters. The zero-order chi connectivity index (χ0) is 14.5. The molecular formula is C15H16ClFN2O. The maximum atomic E-state index is 13.3. The summed E-state index contributed by atoms with van der Waals surface area (Å²) in [5.41, 5.74) is 1.52. The lowest BCUT2D eigenvalue weighted by atomic mass is 10.2. The van der Waals surface area contributed by atoms with Gasteiger partial charge in [0.05, 0.1) is 11.8 Å². The fourth-order valence-electron chi connectivity index (χ4n) is 1.75. The second kappa shape index (κ2) is 6.57. The Morgan fingerprint density at radius 3 is 2.85 bits per heavy atom. The molecule has 5 heteroatoms. The highest BCUT2D eigenvalue weighted by Gasteiger charge is 2.07. The molecule has 1 heterocycles. The number of hydrogen-bond donors (Lipinski definition) is 1. The number of pyridine rings is 1. The molecule has 2 rings (SSSR count). The Bertz CT molecular complexity index is 570. The van der Waals surface area contributed by atoms with E-state index in [-0.39, 0.29) is 11.9 Å². The Labute approximate surface area is 122 Å². The smallest absolute Gasteiger partial charge is 0.237 e. The second-order valence-corrected chi connectivity index (χ2v) is 5.09. The first kappa shape index (κ1) is 14.6. The van der Waals surface area contributed by atoms with E-state index in [2.05, 4.69) is 10.3 Å². The maximum absolute atomic E-state index is 13.3.